The number of hydrogen-bond donors (Lipinski definition) is 1. The van der Waals surface area contributed by atoms with Crippen LogP contribution >= 0.6 is 0 Å². The zero-order valence-electron chi connectivity index (χ0n) is 16.9. The molecule has 0 bridgehead atoms. The van der Waals surface area contributed by atoms with Crippen molar-refractivity contribution in [2.24, 2.45) is 5.92 Å². The van der Waals surface area contributed by atoms with Crippen LogP contribution in [-0.2, 0) is 11.4 Å². The van der Waals surface area contributed by atoms with Crippen molar-refractivity contribution < 1.29 is 19.0 Å². The molecule has 1 aliphatic carbocycles. The van der Waals surface area contributed by atoms with E-state index in [9.17, 15) is 9.18 Å². The molecule has 1 fully saturated rings. The number of aliphatic carboxylic acids is 1. The van der Waals surface area contributed by atoms with Crippen molar-refractivity contribution in [3.05, 3.63) is 77.5 Å². The minimum absolute atomic E-state index is 0.0265. The molecule has 1 aromatic heterocycles. The van der Waals surface area contributed by atoms with Gasteiger partial charge >= 0.3 is 5.97 Å². The lowest BCUT2D eigenvalue weighted by atomic mass is 9.92. The van der Waals surface area contributed by atoms with Crippen LogP contribution in [-0.4, -0.2) is 21.0 Å². The van der Waals surface area contributed by atoms with Crippen LogP contribution in [0.2, 0.25) is 0 Å². The van der Waals surface area contributed by atoms with E-state index in [1.54, 1.807) is 12.1 Å². The van der Waals surface area contributed by atoms with Gasteiger partial charge in [-0.25, -0.2) is 9.37 Å². The molecule has 0 unspecified atom stereocenters. The predicted molar refractivity (Wildman–Crippen MR) is 111 cm³/mol. The van der Waals surface area contributed by atoms with Gasteiger partial charge in [0.15, 0.2) is 0 Å². The maximum atomic E-state index is 14.4. The molecule has 2 aromatic carbocycles. The van der Waals surface area contributed by atoms with Crippen molar-refractivity contribution in [2.75, 3.05) is 0 Å². The molecule has 1 saturated carbocycles. The first-order chi connectivity index (χ1) is 14.4. The summed E-state index contributed by atoms with van der Waals surface area (Å²) in [4.78, 5) is 19.4. The smallest absolute Gasteiger partial charge is 0.307 e. The van der Waals surface area contributed by atoms with Crippen LogP contribution < -0.4 is 4.74 Å². The summed E-state index contributed by atoms with van der Waals surface area (Å²) in [6.45, 7) is 4.29. The molecule has 0 spiro atoms. The number of carboxylic acids is 1. The quantitative estimate of drug-likeness (QED) is 0.586. The molecule has 6 heteroatoms. The second-order valence-corrected chi connectivity index (χ2v) is 7.90. The van der Waals surface area contributed by atoms with Gasteiger partial charge in [-0.05, 0) is 41.2 Å². The van der Waals surface area contributed by atoms with Gasteiger partial charge in [0, 0.05) is 11.5 Å². The highest BCUT2D eigenvalue weighted by Gasteiger charge is 2.45. The minimum atomic E-state index is -0.809. The molecule has 1 aliphatic rings. The fourth-order valence-electron chi connectivity index (χ4n) is 3.65. The first-order valence-corrected chi connectivity index (χ1v) is 9.99. The van der Waals surface area contributed by atoms with Gasteiger partial charge in [-0.3, -0.25) is 9.78 Å². The number of halogens is 1. The van der Waals surface area contributed by atoms with E-state index in [4.69, 9.17) is 9.84 Å². The average Bonchev–Trinajstić information content (AvgIpc) is 3.55. The summed E-state index contributed by atoms with van der Waals surface area (Å²) >= 11 is 0. The number of benzene rings is 2. The Hall–Kier alpha value is -3.28. The predicted octanol–water partition coefficient (Wildman–Crippen LogP) is 5.17. The van der Waals surface area contributed by atoms with E-state index < -0.39 is 5.97 Å². The number of rotatable bonds is 7. The van der Waals surface area contributed by atoms with Crippen molar-refractivity contribution in [2.45, 2.75) is 38.7 Å². The molecular formula is C24H23FN2O3. The van der Waals surface area contributed by atoms with E-state index in [0.29, 0.717) is 23.6 Å². The van der Waals surface area contributed by atoms with Crippen LogP contribution in [0.15, 0.2) is 54.9 Å². The normalized spacial score (nSPS) is 17.7. The van der Waals surface area contributed by atoms with Crippen molar-refractivity contribution in [3.8, 4) is 17.0 Å². The maximum Gasteiger partial charge on any atom is 0.307 e. The molecule has 4 rings (SSSR count). The van der Waals surface area contributed by atoms with Gasteiger partial charge in [0.2, 0.25) is 5.88 Å². The number of hydrogen-bond acceptors (Lipinski definition) is 4. The third kappa shape index (κ3) is 4.17. The van der Waals surface area contributed by atoms with Crippen molar-refractivity contribution >= 4 is 5.97 Å². The fraction of sp³-hybridized carbons (Fsp3) is 0.292. The van der Waals surface area contributed by atoms with Crippen molar-refractivity contribution in [3.63, 3.8) is 0 Å². The van der Waals surface area contributed by atoms with Crippen LogP contribution in [0.1, 0.15) is 48.9 Å². The SMILES string of the molecule is CC(C)c1ccccc1-c1ccc(F)c(COc2cnc([C@@H]3C[C@H]3C(=O)O)cn2)c1. The number of ether oxygens (including phenoxy) is 1. The average molecular weight is 406 g/mol. The highest BCUT2D eigenvalue weighted by molar-refractivity contribution is 5.75. The summed E-state index contributed by atoms with van der Waals surface area (Å²) in [6.07, 6.45) is 3.58. The van der Waals surface area contributed by atoms with Gasteiger partial charge in [-0.1, -0.05) is 44.2 Å². The van der Waals surface area contributed by atoms with Gasteiger partial charge in [0.1, 0.15) is 12.4 Å². The summed E-state index contributed by atoms with van der Waals surface area (Å²) < 4.78 is 20.0. The Labute approximate surface area is 174 Å². The zero-order valence-corrected chi connectivity index (χ0v) is 16.9. The van der Waals surface area contributed by atoms with Crippen molar-refractivity contribution in [1.29, 1.82) is 0 Å². The van der Waals surface area contributed by atoms with E-state index in [1.165, 1.54) is 24.0 Å². The summed E-state index contributed by atoms with van der Waals surface area (Å²) in [7, 11) is 0. The highest BCUT2D eigenvalue weighted by atomic mass is 19.1. The first-order valence-electron chi connectivity index (χ1n) is 9.99. The maximum absolute atomic E-state index is 14.4. The number of carbonyl (C=O) groups is 1. The van der Waals surface area contributed by atoms with Crippen LogP contribution in [0.25, 0.3) is 11.1 Å². The Morgan fingerprint density at radius 2 is 2.00 bits per heavy atom. The molecule has 30 heavy (non-hydrogen) atoms. The Bertz CT molecular complexity index is 1070. The van der Waals surface area contributed by atoms with Crippen LogP contribution in [0, 0.1) is 11.7 Å². The standard InChI is InChI=1S/C24H23FN2O3/c1-14(2)17-5-3-4-6-18(17)15-7-8-21(25)16(9-15)13-30-23-12-26-22(11-27-23)19-10-20(19)24(28)29/h3-9,11-12,14,19-20H,10,13H2,1-2H3,(H,28,29)/t19-,20-/m1/s1. The summed E-state index contributed by atoms with van der Waals surface area (Å²) in [6, 6.07) is 13.2. The fourth-order valence-corrected chi connectivity index (χ4v) is 3.65. The van der Waals surface area contributed by atoms with E-state index in [1.807, 2.05) is 18.2 Å². The van der Waals surface area contributed by atoms with Crippen LogP contribution in [0.3, 0.4) is 0 Å². The highest BCUT2D eigenvalue weighted by Crippen LogP contribution is 2.46. The van der Waals surface area contributed by atoms with E-state index in [0.717, 1.165) is 11.1 Å². The third-order valence-corrected chi connectivity index (χ3v) is 5.45. The first kappa shape index (κ1) is 20.0. The molecule has 0 saturated heterocycles. The third-order valence-electron chi connectivity index (χ3n) is 5.45. The molecule has 3 aromatic rings. The summed E-state index contributed by atoms with van der Waals surface area (Å²) in [5, 5.41) is 9.02. The van der Waals surface area contributed by atoms with Gasteiger partial charge in [0.25, 0.3) is 0 Å². The lowest BCUT2D eigenvalue weighted by Crippen LogP contribution is -2.03. The lowest BCUT2D eigenvalue weighted by Gasteiger charge is -2.14. The zero-order chi connectivity index (χ0) is 21.3. The molecular weight excluding hydrogens is 383 g/mol. The topological polar surface area (TPSA) is 72.3 Å². The molecule has 2 atom stereocenters. The number of carboxylic acid groups (broad SMARTS) is 1. The van der Waals surface area contributed by atoms with Gasteiger partial charge in [0.05, 0.1) is 24.0 Å². The Morgan fingerprint density at radius 3 is 2.67 bits per heavy atom. The van der Waals surface area contributed by atoms with Gasteiger partial charge in [-0.15, -0.1) is 0 Å². The van der Waals surface area contributed by atoms with Crippen LogP contribution in [0.5, 0.6) is 5.88 Å². The molecule has 0 amide bonds. The Balaban J connectivity index is 1.48. The molecule has 1 heterocycles. The van der Waals surface area contributed by atoms with E-state index in [-0.39, 0.29) is 30.1 Å². The second kappa shape index (κ2) is 8.22. The van der Waals surface area contributed by atoms with E-state index >= 15 is 0 Å². The number of nitrogens with zero attached hydrogens (tertiary/aromatic N) is 2. The second-order valence-electron chi connectivity index (χ2n) is 7.90. The van der Waals surface area contributed by atoms with Gasteiger partial charge < -0.3 is 9.84 Å². The minimum Gasteiger partial charge on any atom is -0.481 e. The molecule has 0 radical (unpaired) electrons. The Morgan fingerprint density at radius 1 is 1.20 bits per heavy atom. The molecule has 0 aliphatic heterocycles. The summed E-state index contributed by atoms with van der Waals surface area (Å²) in [5.74, 6) is -0.981. The lowest BCUT2D eigenvalue weighted by molar-refractivity contribution is -0.138. The Kier molecular flexibility index (Phi) is 5.48. The van der Waals surface area contributed by atoms with Crippen molar-refractivity contribution in [1.82, 2.24) is 9.97 Å². The monoisotopic (exact) mass is 406 g/mol. The van der Waals surface area contributed by atoms with Crippen LogP contribution in [0.4, 0.5) is 4.39 Å². The molecule has 1 N–H and O–H groups in total. The van der Waals surface area contributed by atoms with E-state index in [2.05, 4.69) is 29.9 Å². The van der Waals surface area contributed by atoms with Gasteiger partial charge in [-0.2, -0.15) is 0 Å². The largest absolute Gasteiger partial charge is 0.481 e. The molecule has 5 nitrogen and oxygen atoms in total. The molecule has 154 valence electrons. The number of aromatic nitrogens is 2. The summed E-state index contributed by atoms with van der Waals surface area (Å²) in [5.41, 5.74) is 4.31.